The second-order valence-electron chi connectivity index (χ2n) is 5.68. The van der Waals surface area contributed by atoms with Crippen LogP contribution in [0.4, 0.5) is 0 Å². The molecule has 0 aromatic rings. The van der Waals surface area contributed by atoms with Crippen LogP contribution in [0.25, 0.3) is 0 Å². The van der Waals surface area contributed by atoms with Crippen LogP contribution in [0.2, 0.25) is 0 Å². The summed E-state index contributed by atoms with van der Waals surface area (Å²) < 4.78 is 10.4. The lowest BCUT2D eigenvalue weighted by molar-refractivity contribution is -0.148. The summed E-state index contributed by atoms with van der Waals surface area (Å²) in [5.74, 6) is 0.267. The number of carbonyl (C=O) groups is 1. The SMILES string of the molecule is CCC1(C(=O)N(CCOC)C(C)COC)CCNCC1. The minimum absolute atomic E-state index is 0.0842. The average molecular weight is 286 g/mol. The van der Waals surface area contributed by atoms with Crippen molar-refractivity contribution in [3.8, 4) is 0 Å². The fraction of sp³-hybridized carbons (Fsp3) is 0.933. The summed E-state index contributed by atoms with van der Waals surface area (Å²) in [4.78, 5) is 15.0. The molecular formula is C15H30N2O3. The summed E-state index contributed by atoms with van der Waals surface area (Å²) in [6.45, 7) is 7.79. The zero-order valence-electron chi connectivity index (χ0n) is 13.4. The number of hydrogen-bond donors (Lipinski definition) is 1. The normalized spacial score (nSPS) is 19.6. The van der Waals surface area contributed by atoms with Crippen LogP contribution in [0.3, 0.4) is 0 Å². The first kappa shape index (κ1) is 17.4. The molecule has 0 saturated carbocycles. The van der Waals surface area contributed by atoms with Crippen molar-refractivity contribution in [2.24, 2.45) is 5.41 Å². The monoisotopic (exact) mass is 286 g/mol. The maximum atomic E-state index is 13.1. The van der Waals surface area contributed by atoms with Crippen molar-refractivity contribution in [1.29, 1.82) is 0 Å². The number of methoxy groups -OCH3 is 2. The lowest BCUT2D eigenvalue weighted by Gasteiger charge is -2.41. The van der Waals surface area contributed by atoms with Crippen LogP contribution in [0.5, 0.6) is 0 Å². The summed E-state index contributed by atoms with van der Waals surface area (Å²) in [7, 11) is 3.35. The van der Waals surface area contributed by atoms with Crippen LogP contribution >= 0.6 is 0 Å². The highest BCUT2D eigenvalue weighted by molar-refractivity contribution is 5.83. The number of rotatable bonds is 8. The van der Waals surface area contributed by atoms with Crippen molar-refractivity contribution >= 4 is 5.91 Å². The molecule has 1 atom stereocenters. The van der Waals surface area contributed by atoms with Gasteiger partial charge in [-0.25, -0.2) is 0 Å². The van der Waals surface area contributed by atoms with Gasteiger partial charge in [-0.3, -0.25) is 4.79 Å². The zero-order valence-corrected chi connectivity index (χ0v) is 13.4. The third-order valence-corrected chi connectivity index (χ3v) is 4.43. The molecule has 1 amide bonds. The minimum Gasteiger partial charge on any atom is -0.383 e. The van der Waals surface area contributed by atoms with Crippen molar-refractivity contribution in [2.75, 3.05) is 47.1 Å². The van der Waals surface area contributed by atoms with E-state index in [0.717, 1.165) is 32.4 Å². The molecule has 5 nitrogen and oxygen atoms in total. The first-order chi connectivity index (χ1) is 9.61. The molecule has 1 N–H and O–H groups in total. The predicted molar refractivity (Wildman–Crippen MR) is 79.8 cm³/mol. The molecule has 1 aliphatic rings. The molecule has 0 aliphatic carbocycles. The van der Waals surface area contributed by atoms with Crippen molar-refractivity contribution < 1.29 is 14.3 Å². The van der Waals surface area contributed by atoms with Gasteiger partial charge in [0.2, 0.25) is 5.91 Å². The molecule has 118 valence electrons. The van der Waals surface area contributed by atoms with Gasteiger partial charge in [0.05, 0.1) is 24.7 Å². The highest BCUT2D eigenvalue weighted by atomic mass is 16.5. The number of nitrogens with zero attached hydrogens (tertiary/aromatic N) is 1. The van der Waals surface area contributed by atoms with E-state index in [2.05, 4.69) is 12.2 Å². The molecule has 1 heterocycles. The summed E-state index contributed by atoms with van der Waals surface area (Å²) >= 11 is 0. The van der Waals surface area contributed by atoms with Gasteiger partial charge in [-0.1, -0.05) is 6.92 Å². The van der Waals surface area contributed by atoms with Crippen molar-refractivity contribution in [3.05, 3.63) is 0 Å². The molecule has 5 heteroatoms. The van der Waals surface area contributed by atoms with Crippen molar-refractivity contribution in [2.45, 2.75) is 39.2 Å². The number of hydrogen-bond acceptors (Lipinski definition) is 4. The largest absolute Gasteiger partial charge is 0.383 e. The van der Waals surface area contributed by atoms with E-state index in [1.807, 2.05) is 11.8 Å². The van der Waals surface area contributed by atoms with E-state index in [4.69, 9.17) is 9.47 Å². The number of carbonyl (C=O) groups excluding carboxylic acids is 1. The van der Waals surface area contributed by atoms with Gasteiger partial charge in [0.15, 0.2) is 0 Å². The first-order valence-corrected chi connectivity index (χ1v) is 7.61. The maximum Gasteiger partial charge on any atom is 0.229 e. The van der Waals surface area contributed by atoms with Crippen LogP contribution in [0.15, 0.2) is 0 Å². The van der Waals surface area contributed by atoms with E-state index >= 15 is 0 Å². The van der Waals surface area contributed by atoms with E-state index in [-0.39, 0.29) is 17.4 Å². The van der Waals surface area contributed by atoms with Gasteiger partial charge >= 0.3 is 0 Å². The lowest BCUT2D eigenvalue weighted by atomic mass is 9.75. The van der Waals surface area contributed by atoms with Crippen molar-refractivity contribution in [1.82, 2.24) is 10.2 Å². The Morgan fingerprint density at radius 2 is 1.95 bits per heavy atom. The molecule has 0 radical (unpaired) electrons. The van der Waals surface area contributed by atoms with Crippen molar-refractivity contribution in [3.63, 3.8) is 0 Å². The van der Waals surface area contributed by atoms with Gasteiger partial charge in [0, 0.05) is 20.8 Å². The average Bonchev–Trinajstić information content (AvgIpc) is 2.48. The molecule has 1 rings (SSSR count). The lowest BCUT2D eigenvalue weighted by Crippen LogP contribution is -2.53. The Kier molecular flexibility index (Phi) is 7.48. The summed E-state index contributed by atoms with van der Waals surface area (Å²) in [5, 5.41) is 3.35. The number of piperidine rings is 1. The van der Waals surface area contributed by atoms with E-state index < -0.39 is 0 Å². The third kappa shape index (κ3) is 4.17. The van der Waals surface area contributed by atoms with E-state index in [0.29, 0.717) is 19.8 Å². The van der Waals surface area contributed by atoms with Crippen LogP contribution in [0.1, 0.15) is 33.1 Å². The molecule has 0 aromatic heterocycles. The fourth-order valence-electron chi connectivity index (χ4n) is 2.97. The topological polar surface area (TPSA) is 50.8 Å². The molecule has 20 heavy (non-hydrogen) atoms. The Labute approximate surface area is 123 Å². The van der Waals surface area contributed by atoms with Crippen LogP contribution < -0.4 is 5.32 Å². The second kappa shape index (κ2) is 8.60. The Balaban J connectivity index is 2.83. The summed E-state index contributed by atoms with van der Waals surface area (Å²) in [6.07, 6.45) is 2.74. The minimum atomic E-state index is -0.207. The van der Waals surface area contributed by atoms with Gasteiger partial charge in [0.1, 0.15) is 0 Å². The van der Waals surface area contributed by atoms with Gasteiger partial charge in [-0.15, -0.1) is 0 Å². The molecule has 0 spiro atoms. The second-order valence-corrected chi connectivity index (χ2v) is 5.68. The van der Waals surface area contributed by atoms with E-state index in [9.17, 15) is 4.79 Å². The molecule has 1 saturated heterocycles. The molecule has 0 bridgehead atoms. The number of nitrogens with one attached hydrogen (secondary N) is 1. The Morgan fingerprint density at radius 1 is 1.30 bits per heavy atom. The van der Waals surface area contributed by atoms with Crippen LogP contribution in [-0.2, 0) is 14.3 Å². The van der Waals surface area contributed by atoms with E-state index in [1.54, 1.807) is 14.2 Å². The Bertz CT molecular complexity index is 291. The maximum absolute atomic E-state index is 13.1. The summed E-state index contributed by atoms with van der Waals surface area (Å²) in [5.41, 5.74) is -0.207. The Morgan fingerprint density at radius 3 is 2.45 bits per heavy atom. The van der Waals surface area contributed by atoms with Gasteiger partial charge in [-0.2, -0.15) is 0 Å². The predicted octanol–water partition coefficient (Wildman–Crippen LogP) is 1.28. The Hall–Kier alpha value is -0.650. The smallest absolute Gasteiger partial charge is 0.229 e. The highest BCUT2D eigenvalue weighted by Crippen LogP contribution is 2.35. The zero-order chi connectivity index (χ0) is 15.0. The first-order valence-electron chi connectivity index (χ1n) is 7.61. The van der Waals surface area contributed by atoms with Gasteiger partial charge in [-0.05, 0) is 39.3 Å². The number of ether oxygens (including phenoxy) is 2. The molecular weight excluding hydrogens is 256 g/mol. The van der Waals surface area contributed by atoms with Gasteiger partial charge in [0.25, 0.3) is 0 Å². The fourth-order valence-corrected chi connectivity index (χ4v) is 2.97. The molecule has 1 fully saturated rings. The summed E-state index contributed by atoms with van der Waals surface area (Å²) in [6, 6.07) is 0.0842. The van der Waals surface area contributed by atoms with Gasteiger partial charge < -0.3 is 19.7 Å². The molecule has 1 aliphatic heterocycles. The quantitative estimate of drug-likeness (QED) is 0.730. The van der Waals surface area contributed by atoms with Crippen LogP contribution in [-0.4, -0.2) is 63.9 Å². The van der Waals surface area contributed by atoms with E-state index in [1.165, 1.54) is 0 Å². The molecule has 0 aromatic carbocycles. The molecule has 1 unspecified atom stereocenters. The number of amides is 1. The van der Waals surface area contributed by atoms with Crippen LogP contribution in [0, 0.1) is 5.41 Å². The standard InChI is InChI=1S/C15H30N2O3/c1-5-15(6-8-16-9-7-15)14(18)17(10-11-19-3)13(2)12-20-4/h13,16H,5-12H2,1-4H3. The third-order valence-electron chi connectivity index (χ3n) is 4.43. The highest BCUT2D eigenvalue weighted by Gasteiger charge is 2.41.